The van der Waals surface area contributed by atoms with E-state index in [0.29, 0.717) is 6.61 Å². The van der Waals surface area contributed by atoms with Crippen molar-refractivity contribution in [3.05, 3.63) is 60.2 Å². The Kier molecular flexibility index (Phi) is 5.84. The van der Waals surface area contributed by atoms with Gasteiger partial charge in [-0.1, -0.05) is 73.1 Å². The zero-order chi connectivity index (χ0) is 14.0. The molecule has 0 aliphatic rings. The van der Waals surface area contributed by atoms with E-state index < -0.39 is 0 Å². The summed E-state index contributed by atoms with van der Waals surface area (Å²) in [5.41, 5.74) is 3.56. The van der Waals surface area contributed by atoms with E-state index in [2.05, 4.69) is 54.7 Å². The zero-order valence-electron chi connectivity index (χ0n) is 11.9. The lowest BCUT2D eigenvalue weighted by atomic mass is 10.0. The molecule has 0 spiro atoms. The van der Waals surface area contributed by atoms with Crippen LogP contribution in [0.25, 0.3) is 11.1 Å². The molecule has 0 bridgehead atoms. The minimum atomic E-state index is 0.494. The second-order valence-corrected chi connectivity index (χ2v) is 4.69. The standard InChI is InChI=1S/C18H20NO/c1-2-3-7-14-19-20-15-16-10-12-18(13-11-16)17-8-5-4-6-9-17/h4-6,8-13H,2-3,7,15H2,1H3. The van der Waals surface area contributed by atoms with Crippen molar-refractivity contribution in [2.45, 2.75) is 32.8 Å². The summed E-state index contributed by atoms with van der Waals surface area (Å²) in [5.74, 6) is 0. The van der Waals surface area contributed by atoms with E-state index in [4.69, 9.17) is 4.84 Å². The summed E-state index contributed by atoms with van der Waals surface area (Å²) in [5, 5.41) is 3.83. The summed E-state index contributed by atoms with van der Waals surface area (Å²) < 4.78 is 0. The normalized spacial score (nSPS) is 10.8. The van der Waals surface area contributed by atoms with Crippen LogP contribution < -0.4 is 0 Å². The molecule has 0 aromatic heterocycles. The van der Waals surface area contributed by atoms with Crippen molar-refractivity contribution in [3.63, 3.8) is 0 Å². The SMILES string of the molecule is CCCC/[C]=N/OCc1ccc(-c2ccccc2)cc1. The first-order chi connectivity index (χ1) is 9.90. The Bertz CT molecular complexity index is 517. The Labute approximate surface area is 121 Å². The van der Waals surface area contributed by atoms with Crippen LogP contribution in [-0.4, -0.2) is 6.21 Å². The lowest BCUT2D eigenvalue weighted by Gasteiger charge is -2.03. The zero-order valence-corrected chi connectivity index (χ0v) is 11.9. The Hall–Kier alpha value is -2.09. The van der Waals surface area contributed by atoms with Crippen LogP contribution >= 0.6 is 0 Å². The molecular weight excluding hydrogens is 246 g/mol. The first-order valence-electron chi connectivity index (χ1n) is 7.09. The Morgan fingerprint density at radius 3 is 2.35 bits per heavy atom. The van der Waals surface area contributed by atoms with Gasteiger partial charge < -0.3 is 4.84 Å². The van der Waals surface area contributed by atoms with Crippen molar-refractivity contribution in [1.82, 2.24) is 0 Å². The number of unbranched alkanes of at least 4 members (excludes halogenated alkanes) is 2. The van der Waals surface area contributed by atoms with E-state index in [1.165, 1.54) is 11.1 Å². The molecule has 0 atom stereocenters. The molecule has 2 rings (SSSR count). The first-order valence-corrected chi connectivity index (χ1v) is 7.09. The fraction of sp³-hybridized carbons (Fsp3) is 0.278. The van der Waals surface area contributed by atoms with Gasteiger partial charge in [0.15, 0.2) is 0 Å². The first kappa shape index (κ1) is 14.3. The van der Waals surface area contributed by atoms with Gasteiger partial charge in [0, 0.05) is 0 Å². The topological polar surface area (TPSA) is 21.6 Å². The molecule has 0 N–H and O–H groups in total. The summed E-state index contributed by atoms with van der Waals surface area (Å²) in [6.45, 7) is 2.64. The maximum absolute atomic E-state index is 5.23. The molecule has 2 nitrogen and oxygen atoms in total. The van der Waals surface area contributed by atoms with Crippen molar-refractivity contribution >= 4 is 6.21 Å². The van der Waals surface area contributed by atoms with Crippen molar-refractivity contribution < 1.29 is 4.84 Å². The van der Waals surface area contributed by atoms with Crippen LogP contribution in [0.2, 0.25) is 0 Å². The van der Waals surface area contributed by atoms with Crippen LogP contribution in [0.15, 0.2) is 59.8 Å². The lowest BCUT2D eigenvalue weighted by molar-refractivity contribution is 0.131. The number of rotatable bonds is 7. The highest BCUT2D eigenvalue weighted by Gasteiger charge is 1.97. The molecule has 2 heteroatoms. The van der Waals surface area contributed by atoms with Gasteiger partial charge in [-0.05, 0) is 29.5 Å². The molecule has 1 radical (unpaired) electrons. The molecule has 103 valence electrons. The van der Waals surface area contributed by atoms with Crippen LogP contribution in [0.1, 0.15) is 31.7 Å². The number of hydrogen-bond donors (Lipinski definition) is 0. The Balaban J connectivity index is 1.84. The molecular formula is C18H20NO. The van der Waals surface area contributed by atoms with Gasteiger partial charge in [0.2, 0.25) is 0 Å². The molecule has 0 amide bonds. The third kappa shape index (κ3) is 4.54. The van der Waals surface area contributed by atoms with Crippen LogP contribution in [-0.2, 0) is 11.4 Å². The largest absolute Gasteiger partial charge is 0.391 e. The van der Waals surface area contributed by atoms with Crippen molar-refractivity contribution in [2.75, 3.05) is 0 Å². The molecule has 0 heterocycles. The quantitative estimate of drug-likeness (QED) is 0.396. The summed E-state index contributed by atoms with van der Waals surface area (Å²) >= 11 is 0. The van der Waals surface area contributed by atoms with Gasteiger partial charge in [-0.15, -0.1) is 0 Å². The van der Waals surface area contributed by atoms with Crippen LogP contribution in [0.3, 0.4) is 0 Å². The number of hydrogen-bond acceptors (Lipinski definition) is 2. The monoisotopic (exact) mass is 266 g/mol. The van der Waals surface area contributed by atoms with Crippen molar-refractivity contribution in [2.24, 2.45) is 5.16 Å². The predicted molar refractivity (Wildman–Crippen MR) is 83.6 cm³/mol. The molecule has 0 fully saturated rings. The third-order valence-corrected chi connectivity index (χ3v) is 3.06. The third-order valence-electron chi connectivity index (χ3n) is 3.06. The maximum Gasteiger partial charge on any atom is 0.142 e. The van der Waals surface area contributed by atoms with E-state index in [1.807, 2.05) is 18.2 Å². The average molecular weight is 266 g/mol. The Morgan fingerprint density at radius 1 is 0.950 bits per heavy atom. The predicted octanol–water partition coefficient (Wildman–Crippen LogP) is 4.92. The van der Waals surface area contributed by atoms with Gasteiger partial charge in [-0.3, -0.25) is 0 Å². The fourth-order valence-corrected chi connectivity index (χ4v) is 1.88. The van der Waals surface area contributed by atoms with Crippen molar-refractivity contribution in [1.29, 1.82) is 0 Å². The van der Waals surface area contributed by atoms with Gasteiger partial charge in [0.25, 0.3) is 0 Å². The maximum atomic E-state index is 5.23. The highest BCUT2D eigenvalue weighted by Crippen LogP contribution is 2.19. The number of benzene rings is 2. The molecule has 2 aromatic carbocycles. The molecule has 2 aromatic rings. The fourth-order valence-electron chi connectivity index (χ4n) is 1.88. The second-order valence-electron chi connectivity index (χ2n) is 4.69. The minimum absolute atomic E-state index is 0.494. The number of nitrogens with zero attached hydrogens (tertiary/aromatic N) is 1. The molecule has 0 saturated heterocycles. The van der Waals surface area contributed by atoms with Crippen LogP contribution in [0.5, 0.6) is 0 Å². The lowest BCUT2D eigenvalue weighted by Crippen LogP contribution is -1.88. The molecule has 20 heavy (non-hydrogen) atoms. The van der Waals surface area contributed by atoms with Gasteiger partial charge >= 0.3 is 0 Å². The minimum Gasteiger partial charge on any atom is -0.391 e. The van der Waals surface area contributed by atoms with Gasteiger partial charge in [-0.2, -0.15) is 0 Å². The van der Waals surface area contributed by atoms with E-state index in [-0.39, 0.29) is 0 Å². The van der Waals surface area contributed by atoms with Crippen LogP contribution in [0.4, 0.5) is 0 Å². The van der Waals surface area contributed by atoms with Gasteiger partial charge in [0.05, 0.1) is 0 Å². The highest BCUT2D eigenvalue weighted by molar-refractivity contribution is 5.63. The van der Waals surface area contributed by atoms with E-state index >= 15 is 0 Å². The van der Waals surface area contributed by atoms with E-state index in [1.54, 1.807) is 0 Å². The highest BCUT2D eigenvalue weighted by atomic mass is 16.6. The second kappa shape index (κ2) is 8.16. The summed E-state index contributed by atoms with van der Waals surface area (Å²) in [6.07, 6.45) is 6.03. The summed E-state index contributed by atoms with van der Waals surface area (Å²) in [4.78, 5) is 5.23. The van der Waals surface area contributed by atoms with E-state index in [9.17, 15) is 0 Å². The van der Waals surface area contributed by atoms with Crippen molar-refractivity contribution in [3.8, 4) is 11.1 Å². The molecule has 0 aliphatic carbocycles. The smallest absolute Gasteiger partial charge is 0.142 e. The molecule has 0 unspecified atom stereocenters. The average Bonchev–Trinajstić information content (AvgIpc) is 2.52. The summed E-state index contributed by atoms with van der Waals surface area (Å²) in [7, 11) is 0. The van der Waals surface area contributed by atoms with Gasteiger partial charge in [0.1, 0.15) is 12.8 Å². The van der Waals surface area contributed by atoms with Gasteiger partial charge in [-0.25, -0.2) is 0 Å². The summed E-state index contributed by atoms with van der Waals surface area (Å²) in [6, 6.07) is 18.7. The molecule has 0 saturated carbocycles. The Morgan fingerprint density at radius 2 is 1.65 bits per heavy atom. The van der Waals surface area contributed by atoms with Crippen LogP contribution in [0, 0.1) is 0 Å². The molecule has 0 aliphatic heterocycles. The van der Waals surface area contributed by atoms with E-state index in [0.717, 1.165) is 24.8 Å².